The number of hydrogen-bond donors (Lipinski definition) is 0. The maximum Gasteiger partial charge on any atom is 0.160 e. The normalized spacial score (nSPS) is 11.7. The summed E-state index contributed by atoms with van der Waals surface area (Å²) in [6.07, 6.45) is 3.76. The number of benzene rings is 8. The van der Waals surface area contributed by atoms with Crippen molar-refractivity contribution in [3.63, 3.8) is 0 Å². The van der Waals surface area contributed by atoms with E-state index in [0.717, 1.165) is 111 Å². The maximum absolute atomic E-state index is 6.61. The summed E-state index contributed by atoms with van der Waals surface area (Å²) < 4.78 is 13.2. The van der Waals surface area contributed by atoms with Gasteiger partial charge < -0.3 is 8.83 Å². The van der Waals surface area contributed by atoms with Gasteiger partial charge >= 0.3 is 0 Å². The van der Waals surface area contributed by atoms with Crippen LogP contribution in [0.3, 0.4) is 0 Å². The summed E-state index contributed by atoms with van der Waals surface area (Å²) in [6, 6.07) is 65.3. The monoisotopic (exact) mass is 767 g/mol. The second kappa shape index (κ2) is 13.8. The molecule has 0 fully saturated rings. The van der Waals surface area contributed by atoms with E-state index in [1.54, 1.807) is 0 Å². The molecule has 0 bridgehead atoms. The molecule has 5 nitrogen and oxygen atoms in total. The van der Waals surface area contributed by atoms with Gasteiger partial charge in [0.05, 0.1) is 11.4 Å². The number of aromatic nitrogens is 3. The molecule has 0 saturated carbocycles. The first-order valence-electron chi connectivity index (χ1n) is 20.1. The second-order valence-corrected chi connectivity index (χ2v) is 15.2. The highest BCUT2D eigenvalue weighted by atomic mass is 16.3. The fraction of sp³-hybridized carbons (Fsp3) is 0. The molecule has 0 aliphatic carbocycles. The predicted octanol–water partition coefficient (Wildman–Crippen LogP) is 14.8. The van der Waals surface area contributed by atoms with E-state index in [-0.39, 0.29) is 0 Å². The van der Waals surface area contributed by atoms with Gasteiger partial charge in [-0.1, -0.05) is 146 Å². The van der Waals surface area contributed by atoms with E-state index in [4.69, 9.17) is 18.8 Å². The largest absolute Gasteiger partial charge is 0.455 e. The van der Waals surface area contributed by atoms with Crippen LogP contribution in [0.4, 0.5) is 0 Å². The van der Waals surface area contributed by atoms with Crippen LogP contribution in [0, 0.1) is 0 Å². The van der Waals surface area contributed by atoms with Crippen molar-refractivity contribution >= 4 is 54.6 Å². The van der Waals surface area contributed by atoms with Gasteiger partial charge in [0.15, 0.2) is 5.82 Å². The molecule has 0 radical (unpaired) electrons. The van der Waals surface area contributed by atoms with Gasteiger partial charge in [-0.25, -0.2) is 9.97 Å². The minimum atomic E-state index is 0.652. The molecule has 0 spiro atoms. The Morgan fingerprint density at radius 1 is 0.333 bits per heavy atom. The highest BCUT2D eigenvalue weighted by Gasteiger charge is 2.19. The molecule has 0 aliphatic heterocycles. The number of hydrogen-bond acceptors (Lipinski definition) is 5. The number of rotatable bonds is 6. The molecule has 4 heterocycles. The molecular weight excluding hydrogens is 735 g/mol. The Hall–Kier alpha value is -8.15. The minimum absolute atomic E-state index is 0.652. The standard InChI is InChI=1S/C55H33N3O2/c1-2-11-36(12-3-1)55-57-49(35-25-23-34(24-26-35)41-16-8-13-37-33-56-28-27-42(37)41)32-50(58-55)40-30-38(43-17-9-19-47-45-14-4-6-21-51(45)59-53(43)47)29-39(31-40)44-18-10-20-48-46-15-5-7-22-52(46)60-54(44)48/h1-33H. The average Bonchev–Trinajstić information content (AvgIpc) is 3.90. The Bertz CT molecular complexity index is 3470. The minimum Gasteiger partial charge on any atom is -0.455 e. The van der Waals surface area contributed by atoms with Gasteiger partial charge in [0, 0.05) is 67.1 Å². The highest BCUT2D eigenvalue weighted by Crippen LogP contribution is 2.42. The van der Waals surface area contributed by atoms with Gasteiger partial charge in [0.25, 0.3) is 0 Å². The van der Waals surface area contributed by atoms with E-state index in [1.165, 1.54) is 5.39 Å². The second-order valence-electron chi connectivity index (χ2n) is 15.2. The van der Waals surface area contributed by atoms with Crippen LogP contribution in [0.2, 0.25) is 0 Å². The number of para-hydroxylation sites is 4. The number of pyridine rings is 1. The van der Waals surface area contributed by atoms with Crippen molar-refractivity contribution in [1.29, 1.82) is 0 Å². The Morgan fingerprint density at radius 3 is 1.53 bits per heavy atom. The van der Waals surface area contributed by atoms with E-state index in [0.29, 0.717) is 5.82 Å². The van der Waals surface area contributed by atoms with Crippen LogP contribution in [-0.2, 0) is 0 Å². The molecular formula is C55H33N3O2. The first-order valence-corrected chi connectivity index (χ1v) is 20.1. The van der Waals surface area contributed by atoms with Gasteiger partial charge in [0.1, 0.15) is 22.3 Å². The van der Waals surface area contributed by atoms with E-state index >= 15 is 0 Å². The van der Waals surface area contributed by atoms with Crippen LogP contribution >= 0.6 is 0 Å². The quantitative estimate of drug-likeness (QED) is 0.169. The van der Waals surface area contributed by atoms with Crippen molar-refractivity contribution in [3.05, 3.63) is 200 Å². The third kappa shape index (κ3) is 5.67. The van der Waals surface area contributed by atoms with E-state index in [2.05, 4.69) is 151 Å². The van der Waals surface area contributed by atoms with Crippen molar-refractivity contribution in [2.75, 3.05) is 0 Å². The van der Waals surface area contributed by atoms with Crippen molar-refractivity contribution in [1.82, 2.24) is 15.0 Å². The molecule has 5 heteroatoms. The van der Waals surface area contributed by atoms with Crippen molar-refractivity contribution in [3.8, 4) is 67.3 Å². The first-order chi connectivity index (χ1) is 29.7. The summed E-state index contributed by atoms with van der Waals surface area (Å²) >= 11 is 0. The van der Waals surface area contributed by atoms with Crippen molar-refractivity contribution in [2.24, 2.45) is 0 Å². The molecule has 12 rings (SSSR count). The van der Waals surface area contributed by atoms with Crippen LogP contribution in [-0.4, -0.2) is 15.0 Å². The van der Waals surface area contributed by atoms with Crippen LogP contribution < -0.4 is 0 Å². The molecule has 0 aliphatic rings. The smallest absolute Gasteiger partial charge is 0.160 e. The first kappa shape index (κ1) is 33.9. The van der Waals surface area contributed by atoms with E-state index in [9.17, 15) is 0 Å². The number of furan rings is 2. The molecule has 0 unspecified atom stereocenters. The summed E-state index contributed by atoms with van der Waals surface area (Å²) in [5.74, 6) is 0.652. The molecule has 4 aromatic heterocycles. The zero-order valence-electron chi connectivity index (χ0n) is 32.2. The summed E-state index contributed by atoms with van der Waals surface area (Å²) in [5.41, 5.74) is 14.3. The SMILES string of the molecule is c1ccc(-c2nc(-c3ccc(-c4cccc5cnccc45)cc3)cc(-c3cc(-c4cccc5c4oc4ccccc45)cc(-c4cccc5c4oc4ccccc45)c3)n2)cc1. The molecule has 0 atom stereocenters. The molecule has 12 aromatic rings. The third-order valence-electron chi connectivity index (χ3n) is 11.6. The maximum atomic E-state index is 6.61. The molecule has 0 amide bonds. The van der Waals surface area contributed by atoms with Gasteiger partial charge in [0.2, 0.25) is 0 Å². The lowest BCUT2D eigenvalue weighted by Crippen LogP contribution is -1.97. The Kier molecular flexibility index (Phi) is 7.78. The highest BCUT2D eigenvalue weighted by molar-refractivity contribution is 6.12. The summed E-state index contributed by atoms with van der Waals surface area (Å²) in [7, 11) is 0. The van der Waals surface area contributed by atoms with E-state index < -0.39 is 0 Å². The molecule has 0 N–H and O–H groups in total. The van der Waals surface area contributed by atoms with Gasteiger partial charge in [-0.3, -0.25) is 4.98 Å². The molecule has 8 aromatic carbocycles. The lowest BCUT2D eigenvalue weighted by molar-refractivity contribution is 0.670. The summed E-state index contributed by atoms with van der Waals surface area (Å²) in [6.45, 7) is 0. The predicted molar refractivity (Wildman–Crippen MR) is 245 cm³/mol. The van der Waals surface area contributed by atoms with Gasteiger partial charge in [-0.15, -0.1) is 0 Å². The van der Waals surface area contributed by atoms with Crippen molar-refractivity contribution in [2.45, 2.75) is 0 Å². The fourth-order valence-electron chi connectivity index (χ4n) is 8.69. The molecule has 280 valence electrons. The van der Waals surface area contributed by atoms with Crippen molar-refractivity contribution < 1.29 is 8.83 Å². The van der Waals surface area contributed by atoms with Gasteiger partial charge in [-0.2, -0.15) is 0 Å². The fourth-order valence-corrected chi connectivity index (χ4v) is 8.69. The zero-order chi connectivity index (χ0) is 39.6. The number of fused-ring (bicyclic) bond motifs is 7. The van der Waals surface area contributed by atoms with Gasteiger partial charge in [-0.05, 0) is 70.1 Å². The molecule has 0 saturated heterocycles. The Balaban J connectivity index is 1.07. The summed E-state index contributed by atoms with van der Waals surface area (Å²) in [4.78, 5) is 14.8. The van der Waals surface area contributed by atoms with Crippen LogP contribution in [0.5, 0.6) is 0 Å². The summed E-state index contributed by atoms with van der Waals surface area (Å²) in [5, 5.41) is 6.62. The zero-order valence-corrected chi connectivity index (χ0v) is 32.2. The topological polar surface area (TPSA) is 65.0 Å². The average molecular weight is 768 g/mol. The lowest BCUT2D eigenvalue weighted by atomic mass is 9.93. The lowest BCUT2D eigenvalue weighted by Gasteiger charge is -2.14. The number of nitrogens with zero attached hydrogens (tertiary/aromatic N) is 3. The molecule has 60 heavy (non-hydrogen) atoms. The van der Waals surface area contributed by atoms with Crippen LogP contribution in [0.15, 0.2) is 209 Å². The third-order valence-corrected chi connectivity index (χ3v) is 11.6. The van der Waals surface area contributed by atoms with Crippen LogP contribution in [0.1, 0.15) is 0 Å². The Morgan fingerprint density at radius 2 is 0.867 bits per heavy atom. The Labute approximate surface area is 344 Å². The van der Waals surface area contributed by atoms with Crippen LogP contribution in [0.25, 0.3) is 122 Å². The van der Waals surface area contributed by atoms with E-state index in [1.807, 2.05) is 54.9 Å².